The van der Waals surface area contributed by atoms with Gasteiger partial charge in [-0.2, -0.15) is 0 Å². The van der Waals surface area contributed by atoms with Crippen LogP contribution in [0.4, 0.5) is 0 Å². The minimum absolute atomic E-state index is 0.123. The fraction of sp³-hybridized carbons (Fsp3) is 0.600. The van der Waals surface area contributed by atoms with E-state index in [-0.39, 0.29) is 10.6 Å². The monoisotopic (exact) mass is 316 g/mol. The Morgan fingerprint density at radius 1 is 1.23 bits per heavy atom. The van der Waals surface area contributed by atoms with Gasteiger partial charge in [0.15, 0.2) is 0 Å². The van der Waals surface area contributed by atoms with Crippen molar-refractivity contribution in [2.24, 2.45) is 5.41 Å². The zero-order chi connectivity index (χ0) is 16.6. The molecule has 0 aromatic heterocycles. The van der Waals surface area contributed by atoms with Crippen LogP contribution in [0.5, 0.6) is 0 Å². The van der Waals surface area contributed by atoms with Crippen molar-refractivity contribution in [2.75, 3.05) is 6.61 Å². The first-order chi connectivity index (χ1) is 10.1. The van der Waals surface area contributed by atoms with Gasteiger partial charge in [-0.3, -0.25) is 0 Å². The van der Waals surface area contributed by atoms with Crippen molar-refractivity contribution >= 4 is 8.07 Å². The van der Waals surface area contributed by atoms with Gasteiger partial charge in [-0.15, -0.1) is 0 Å². The van der Waals surface area contributed by atoms with E-state index in [1.165, 1.54) is 11.1 Å². The van der Waals surface area contributed by atoms with Gasteiger partial charge in [-0.05, 0) is 37.7 Å². The molecule has 122 valence electrons. The van der Waals surface area contributed by atoms with Crippen molar-refractivity contribution in [1.82, 2.24) is 0 Å². The molecule has 0 saturated heterocycles. The van der Waals surface area contributed by atoms with Gasteiger partial charge >= 0.3 is 0 Å². The molecule has 2 aliphatic carbocycles. The Bertz CT molecular complexity index is 555. The predicted molar refractivity (Wildman–Crippen MR) is 99.6 cm³/mol. The van der Waals surface area contributed by atoms with E-state index in [4.69, 9.17) is 4.74 Å². The lowest BCUT2D eigenvalue weighted by Gasteiger charge is -2.52. The topological polar surface area (TPSA) is 9.23 Å². The Balaban J connectivity index is 2.61. The van der Waals surface area contributed by atoms with Crippen LogP contribution in [-0.2, 0) is 4.74 Å². The summed E-state index contributed by atoms with van der Waals surface area (Å²) in [6.07, 6.45) is 13.9. The first-order valence-corrected chi connectivity index (χ1v) is 11.6. The molecule has 0 heterocycles. The second-order valence-electron chi connectivity index (χ2n) is 8.14. The standard InChI is InChI=1S/C20H32OSi/c1-8-21-20(22(6,7)17-11-9-10-12-17)14-13-16(2)15-18(20)19(3,4)5/h9,11-13,15H,8,10,14H2,1-7H3. The lowest BCUT2D eigenvalue weighted by Crippen LogP contribution is -2.61. The van der Waals surface area contributed by atoms with Gasteiger partial charge in [-0.25, -0.2) is 0 Å². The molecule has 0 aliphatic heterocycles. The second kappa shape index (κ2) is 5.97. The maximum atomic E-state index is 6.61. The van der Waals surface area contributed by atoms with Crippen molar-refractivity contribution in [2.45, 2.75) is 65.8 Å². The van der Waals surface area contributed by atoms with Gasteiger partial charge in [-0.1, -0.05) is 75.0 Å². The normalized spacial score (nSPS) is 25.9. The van der Waals surface area contributed by atoms with Crippen LogP contribution in [-0.4, -0.2) is 19.9 Å². The minimum atomic E-state index is -1.80. The molecule has 1 atom stereocenters. The number of allylic oxidation sites excluding steroid dienone is 6. The molecule has 2 rings (SSSR count). The van der Waals surface area contributed by atoms with Crippen molar-refractivity contribution in [3.05, 3.63) is 46.7 Å². The molecule has 0 bridgehead atoms. The Kier molecular flexibility index (Phi) is 4.75. The molecule has 2 aliphatic rings. The van der Waals surface area contributed by atoms with Crippen molar-refractivity contribution < 1.29 is 4.74 Å². The van der Waals surface area contributed by atoms with Gasteiger partial charge < -0.3 is 4.74 Å². The summed E-state index contributed by atoms with van der Waals surface area (Å²) in [5, 5.41) is 1.42. The number of ether oxygens (including phenoxy) is 1. The SMILES string of the molecule is CCOC1([Si](C)(C)C2=CCC=C2)CC=C(C)C=C1C(C)(C)C. The molecular formula is C20H32OSi. The summed E-state index contributed by atoms with van der Waals surface area (Å²) < 4.78 is 6.61. The average molecular weight is 317 g/mol. The predicted octanol–water partition coefficient (Wildman–Crippen LogP) is 5.76. The van der Waals surface area contributed by atoms with Crippen LogP contribution in [0.2, 0.25) is 13.1 Å². The van der Waals surface area contributed by atoms with Gasteiger partial charge in [0.05, 0.1) is 5.22 Å². The molecule has 0 amide bonds. The van der Waals surface area contributed by atoms with Crippen LogP contribution in [0.1, 0.15) is 47.5 Å². The summed E-state index contributed by atoms with van der Waals surface area (Å²) in [4.78, 5) is 0. The molecule has 1 unspecified atom stereocenters. The molecule has 0 fully saturated rings. The van der Waals surface area contributed by atoms with Crippen molar-refractivity contribution in [1.29, 1.82) is 0 Å². The van der Waals surface area contributed by atoms with Gasteiger partial charge in [0.2, 0.25) is 0 Å². The maximum Gasteiger partial charge on any atom is 0.122 e. The second-order valence-corrected chi connectivity index (χ2v) is 12.8. The molecule has 0 aromatic rings. The smallest absolute Gasteiger partial charge is 0.122 e. The summed E-state index contributed by atoms with van der Waals surface area (Å²) in [6.45, 7) is 17.1. The Morgan fingerprint density at radius 3 is 2.41 bits per heavy atom. The third-order valence-corrected chi connectivity index (χ3v) is 9.67. The minimum Gasteiger partial charge on any atom is -0.374 e. The van der Waals surface area contributed by atoms with Crippen molar-refractivity contribution in [3.8, 4) is 0 Å². The van der Waals surface area contributed by atoms with Crippen LogP contribution < -0.4 is 0 Å². The van der Waals surface area contributed by atoms with Gasteiger partial charge in [0, 0.05) is 6.61 Å². The number of hydrogen-bond acceptors (Lipinski definition) is 1. The zero-order valence-electron chi connectivity index (χ0n) is 15.4. The highest BCUT2D eigenvalue weighted by Gasteiger charge is 2.54. The van der Waals surface area contributed by atoms with E-state index in [0.717, 1.165) is 19.4 Å². The van der Waals surface area contributed by atoms with E-state index in [9.17, 15) is 0 Å². The van der Waals surface area contributed by atoms with Gasteiger partial charge in [0.25, 0.3) is 0 Å². The Morgan fingerprint density at radius 2 is 1.91 bits per heavy atom. The van der Waals surface area contributed by atoms with E-state index < -0.39 is 8.07 Å². The van der Waals surface area contributed by atoms with Crippen LogP contribution in [0.15, 0.2) is 46.7 Å². The lowest BCUT2D eigenvalue weighted by atomic mass is 9.78. The van der Waals surface area contributed by atoms with E-state index in [1.54, 1.807) is 5.20 Å². The first kappa shape index (κ1) is 17.5. The van der Waals surface area contributed by atoms with Gasteiger partial charge in [0.1, 0.15) is 8.07 Å². The Hall–Kier alpha value is -0.863. The largest absolute Gasteiger partial charge is 0.374 e. The average Bonchev–Trinajstić information content (AvgIpc) is 2.94. The quantitative estimate of drug-likeness (QED) is 0.599. The highest BCUT2D eigenvalue weighted by molar-refractivity contribution is 6.88. The Labute approximate surface area is 137 Å². The summed E-state index contributed by atoms with van der Waals surface area (Å²) in [5.41, 5.74) is 2.98. The summed E-state index contributed by atoms with van der Waals surface area (Å²) in [5.74, 6) is 0. The third-order valence-electron chi connectivity index (χ3n) is 5.22. The highest BCUT2D eigenvalue weighted by Crippen LogP contribution is 2.49. The highest BCUT2D eigenvalue weighted by atomic mass is 28.3. The molecule has 0 N–H and O–H groups in total. The molecule has 1 nitrogen and oxygen atoms in total. The molecule has 2 heteroatoms. The molecule has 0 radical (unpaired) electrons. The summed E-state index contributed by atoms with van der Waals surface area (Å²) in [6, 6.07) is 0. The summed E-state index contributed by atoms with van der Waals surface area (Å²) in [7, 11) is -1.80. The fourth-order valence-electron chi connectivity index (χ4n) is 3.95. The molecule has 22 heavy (non-hydrogen) atoms. The number of hydrogen-bond donors (Lipinski definition) is 0. The third kappa shape index (κ3) is 2.83. The van der Waals surface area contributed by atoms with E-state index >= 15 is 0 Å². The van der Waals surface area contributed by atoms with Crippen molar-refractivity contribution in [3.63, 3.8) is 0 Å². The van der Waals surface area contributed by atoms with Crippen LogP contribution in [0.3, 0.4) is 0 Å². The van der Waals surface area contributed by atoms with Crippen LogP contribution in [0.25, 0.3) is 0 Å². The number of rotatable bonds is 4. The van der Waals surface area contributed by atoms with E-state index in [2.05, 4.69) is 78.1 Å². The van der Waals surface area contributed by atoms with Crippen LogP contribution >= 0.6 is 0 Å². The molecule has 0 saturated carbocycles. The molecule has 0 spiro atoms. The van der Waals surface area contributed by atoms with E-state index in [0.29, 0.717) is 0 Å². The zero-order valence-corrected chi connectivity index (χ0v) is 16.4. The summed E-state index contributed by atoms with van der Waals surface area (Å²) >= 11 is 0. The molecule has 0 aromatic carbocycles. The maximum absolute atomic E-state index is 6.61. The van der Waals surface area contributed by atoms with E-state index in [1.807, 2.05) is 0 Å². The molecular weight excluding hydrogens is 284 g/mol. The fourth-order valence-corrected chi connectivity index (χ4v) is 7.82. The lowest BCUT2D eigenvalue weighted by molar-refractivity contribution is 0.0338. The van der Waals surface area contributed by atoms with Crippen LogP contribution in [0, 0.1) is 5.41 Å². The first-order valence-electron chi connectivity index (χ1n) is 8.55.